The quantitative estimate of drug-likeness (QED) is 0.477. The van der Waals surface area contributed by atoms with Crippen LogP contribution in [0.5, 0.6) is 17.2 Å². The zero-order valence-electron chi connectivity index (χ0n) is 11.5. The van der Waals surface area contributed by atoms with Crippen molar-refractivity contribution < 1.29 is 19.2 Å². The van der Waals surface area contributed by atoms with Crippen molar-refractivity contribution in [2.45, 2.75) is 6.92 Å². The predicted octanol–water partition coefficient (Wildman–Crippen LogP) is 3.60. The van der Waals surface area contributed by atoms with E-state index in [1.54, 1.807) is 30.3 Å². The molecule has 0 fully saturated rings. The van der Waals surface area contributed by atoms with E-state index in [0.29, 0.717) is 17.1 Å². The summed E-state index contributed by atoms with van der Waals surface area (Å²) in [6, 6.07) is 10.7. The second-order valence-corrected chi connectivity index (χ2v) is 4.27. The highest BCUT2D eigenvalue weighted by molar-refractivity contribution is 5.94. The van der Waals surface area contributed by atoms with Crippen LogP contribution in [0.15, 0.2) is 42.5 Å². The van der Waals surface area contributed by atoms with Gasteiger partial charge < -0.3 is 9.47 Å². The van der Waals surface area contributed by atoms with Crippen molar-refractivity contribution in [3.05, 3.63) is 58.1 Å². The number of nitrogens with zero attached hydrogens (tertiary/aromatic N) is 1. The Morgan fingerprint density at radius 3 is 2.24 bits per heavy atom. The normalized spacial score (nSPS) is 10.0. The molecule has 2 aromatic carbocycles. The topological polar surface area (TPSA) is 78.7 Å². The van der Waals surface area contributed by atoms with Crippen LogP contribution in [0.3, 0.4) is 0 Å². The molecule has 0 heterocycles. The van der Waals surface area contributed by atoms with Gasteiger partial charge in [0.05, 0.1) is 18.1 Å². The SMILES string of the molecule is COc1ccc(Oc2ccc(C(C)=O)cc2)c([N+](=O)[O-])c1. The van der Waals surface area contributed by atoms with Gasteiger partial charge in [-0.15, -0.1) is 0 Å². The number of ether oxygens (including phenoxy) is 2. The third-order valence-corrected chi connectivity index (χ3v) is 2.85. The molecule has 0 aliphatic rings. The molecule has 0 spiro atoms. The van der Waals surface area contributed by atoms with Gasteiger partial charge in [-0.1, -0.05) is 0 Å². The van der Waals surface area contributed by atoms with Gasteiger partial charge in [-0.05, 0) is 43.3 Å². The van der Waals surface area contributed by atoms with Crippen LogP contribution in [-0.2, 0) is 0 Å². The highest BCUT2D eigenvalue weighted by Crippen LogP contribution is 2.34. The number of hydrogen-bond donors (Lipinski definition) is 0. The molecule has 0 saturated heterocycles. The van der Waals surface area contributed by atoms with E-state index in [9.17, 15) is 14.9 Å². The Morgan fingerprint density at radius 1 is 1.10 bits per heavy atom. The highest BCUT2D eigenvalue weighted by atomic mass is 16.6. The smallest absolute Gasteiger partial charge is 0.315 e. The lowest BCUT2D eigenvalue weighted by Gasteiger charge is -2.08. The summed E-state index contributed by atoms with van der Waals surface area (Å²) in [4.78, 5) is 21.7. The fraction of sp³-hybridized carbons (Fsp3) is 0.133. The van der Waals surface area contributed by atoms with Crippen LogP contribution in [0, 0.1) is 10.1 Å². The highest BCUT2D eigenvalue weighted by Gasteiger charge is 2.17. The van der Waals surface area contributed by atoms with Gasteiger partial charge in [-0.2, -0.15) is 0 Å². The maximum Gasteiger partial charge on any atom is 0.315 e. The van der Waals surface area contributed by atoms with E-state index >= 15 is 0 Å². The third kappa shape index (κ3) is 3.36. The van der Waals surface area contributed by atoms with Crippen molar-refractivity contribution in [2.75, 3.05) is 7.11 Å². The first kappa shape index (κ1) is 14.5. The number of rotatable bonds is 5. The Labute approximate surface area is 121 Å². The molecule has 0 aliphatic carbocycles. The van der Waals surface area contributed by atoms with Crippen molar-refractivity contribution in [1.82, 2.24) is 0 Å². The molecule has 21 heavy (non-hydrogen) atoms. The lowest BCUT2D eigenvalue weighted by molar-refractivity contribution is -0.385. The van der Waals surface area contributed by atoms with Crippen LogP contribution < -0.4 is 9.47 Å². The van der Waals surface area contributed by atoms with Crippen LogP contribution in [-0.4, -0.2) is 17.8 Å². The first-order chi connectivity index (χ1) is 10.0. The first-order valence-electron chi connectivity index (χ1n) is 6.12. The molecule has 6 nitrogen and oxygen atoms in total. The summed E-state index contributed by atoms with van der Waals surface area (Å²) >= 11 is 0. The molecule has 0 N–H and O–H groups in total. The molecule has 108 valence electrons. The van der Waals surface area contributed by atoms with E-state index in [0.717, 1.165) is 0 Å². The molecule has 6 heteroatoms. The fourth-order valence-electron chi connectivity index (χ4n) is 1.74. The second-order valence-electron chi connectivity index (χ2n) is 4.27. The van der Waals surface area contributed by atoms with Crippen molar-refractivity contribution in [1.29, 1.82) is 0 Å². The number of methoxy groups -OCH3 is 1. The minimum Gasteiger partial charge on any atom is -0.496 e. The summed E-state index contributed by atoms with van der Waals surface area (Å²) in [6.45, 7) is 1.46. The summed E-state index contributed by atoms with van der Waals surface area (Å²) in [5, 5.41) is 11.0. The first-order valence-corrected chi connectivity index (χ1v) is 6.12. The predicted molar refractivity (Wildman–Crippen MR) is 76.2 cm³/mol. The number of carbonyl (C=O) groups excluding carboxylic acids is 1. The lowest BCUT2D eigenvalue weighted by Crippen LogP contribution is -1.95. The van der Waals surface area contributed by atoms with Crippen LogP contribution >= 0.6 is 0 Å². The van der Waals surface area contributed by atoms with Crippen LogP contribution in [0.1, 0.15) is 17.3 Å². The Bertz CT molecular complexity index is 679. The summed E-state index contributed by atoms with van der Waals surface area (Å²) in [5.74, 6) is 0.836. The molecule has 2 rings (SSSR count). The van der Waals surface area contributed by atoms with Crippen LogP contribution in [0.25, 0.3) is 0 Å². The van der Waals surface area contributed by atoms with Gasteiger partial charge in [-0.25, -0.2) is 0 Å². The molecule has 2 aromatic rings. The van der Waals surface area contributed by atoms with E-state index in [1.165, 1.54) is 26.2 Å². The Morgan fingerprint density at radius 2 is 1.71 bits per heavy atom. The van der Waals surface area contributed by atoms with Crippen molar-refractivity contribution in [2.24, 2.45) is 0 Å². The minimum atomic E-state index is -0.540. The molecule has 0 aromatic heterocycles. The van der Waals surface area contributed by atoms with Gasteiger partial charge in [0.1, 0.15) is 11.5 Å². The van der Waals surface area contributed by atoms with Crippen molar-refractivity contribution in [3.63, 3.8) is 0 Å². The Hall–Kier alpha value is -2.89. The molecule has 0 aliphatic heterocycles. The zero-order chi connectivity index (χ0) is 15.4. The van der Waals surface area contributed by atoms with Gasteiger partial charge in [0.25, 0.3) is 0 Å². The Balaban J connectivity index is 2.30. The third-order valence-electron chi connectivity index (χ3n) is 2.85. The van der Waals surface area contributed by atoms with Gasteiger partial charge in [0, 0.05) is 5.56 Å². The lowest BCUT2D eigenvalue weighted by atomic mass is 10.1. The number of nitro benzene ring substituents is 1. The standard InChI is InChI=1S/C15H13NO5/c1-10(17)11-3-5-12(6-4-11)21-15-8-7-13(20-2)9-14(15)16(18)19/h3-9H,1-2H3. The van der Waals surface area contributed by atoms with Crippen LogP contribution in [0.4, 0.5) is 5.69 Å². The van der Waals surface area contributed by atoms with E-state index < -0.39 is 4.92 Å². The molecule has 0 saturated carbocycles. The maximum atomic E-state index is 11.2. The largest absolute Gasteiger partial charge is 0.496 e. The summed E-state index contributed by atoms with van der Waals surface area (Å²) in [7, 11) is 1.43. The number of hydrogen-bond acceptors (Lipinski definition) is 5. The molecule has 0 amide bonds. The zero-order valence-corrected chi connectivity index (χ0v) is 11.5. The second kappa shape index (κ2) is 6.04. The van der Waals surface area contributed by atoms with Crippen molar-refractivity contribution in [3.8, 4) is 17.2 Å². The Kier molecular flexibility index (Phi) is 4.18. The van der Waals surface area contributed by atoms with E-state index in [4.69, 9.17) is 9.47 Å². The molecular formula is C15H13NO5. The van der Waals surface area contributed by atoms with Gasteiger partial charge in [-0.3, -0.25) is 14.9 Å². The van der Waals surface area contributed by atoms with Gasteiger partial charge in [0.2, 0.25) is 5.75 Å². The van der Waals surface area contributed by atoms with Gasteiger partial charge >= 0.3 is 5.69 Å². The maximum absolute atomic E-state index is 11.2. The van der Waals surface area contributed by atoms with Crippen LogP contribution in [0.2, 0.25) is 0 Å². The van der Waals surface area contributed by atoms with E-state index in [2.05, 4.69) is 0 Å². The van der Waals surface area contributed by atoms with E-state index in [1.807, 2.05) is 0 Å². The number of ketones is 1. The average molecular weight is 287 g/mol. The fourth-order valence-corrected chi connectivity index (χ4v) is 1.74. The molecule has 0 radical (unpaired) electrons. The molecule has 0 atom stereocenters. The molecule has 0 unspecified atom stereocenters. The number of nitro groups is 1. The minimum absolute atomic E-state index is 0.0584. The van der Waals surface area contributed by atoms with Crippen molar-refractivity contribution >= 4 is 11.5 Å². The van der Waals surface area contributed by atoms with Gasteiger partial charge in [0.15, 0.2) is 5.78 Å². The number of carbonyl (C=O) groups is 1. The monoisotopic (exact) mass is 287 g/mol. The molecular weight excluding hydrogens is 274 g/mol. The molecule has 0 bridgehead atoms. The van der Waals surface area contributed by atoms with E-state index in [-0.39, 0.29) is 17.2 Å². The summed E-state index contributed by atoms with van der Waals surface area (Å²) in [5.41, 5.74) is 0.358. The number of benzene rings is 2. The summed E-state index contributed by atoms with van der Waals surface area (Å²) < 4.78 is 10.5. The summed E-state index contributed by atoms with van der Waals surface area (Å²) in [6.07, 6.45) is 0. The number of Topliss-reactive ketones (excluding diaryl/α,β-unsaturated/α-hetero) is 1. The average Bonchev–Trinajstić information content (AvgIpc) is 2.48.